The van der Waals surface area contributed by atoms with Gasteiger partial charge in [-0.3, -0.25) is 4.84 Å². The Hall–Kier alpha value is -0.920. The van der Waals surface area contributed by atoms with Crippen LogP contribution >= 0.6 is 0 Å². The Morgan fingerprint density at radius 2 is 2.19 bits per heavy atom. The van der Waals surface area contributed by atoms with Gasteiger partial charge < -0.3 is 4.98 Å². The number of H-pyrrole nitrogens is 1. The van der Waals surface area contributed by atoms with Crippen LogP contribution in [0.3, 0.4) is 0 Å². The monoisotopic (exact) mass is 245 g/mol. The first-order valence-corrected chi connectivity index (χ1v) is 6.75. The maximum Gasteiger partial charge on any atom is 0.279 e. The summed E-state index contributed by atoms with van der Waals surface area (Å²) in [7, 11) is -3.62. The Balaban J connectivity index is 1.97. The highest BCUT2D eigenvalue weighted by Gasteiger charge is 2.21. The predicted molar refractivity (Wildman–Crippen MR) is 57.0 cm³/mol. The zero-order chi connectivity index (χ0) is 11.6. The van der Waals surface area contributed by atoms with Crippen LogP contribution in [0.2, 0.25) is 0 Å². The van der Waals surface area contributed by atoms with Gasteiger partial charge in [0.1, 0.15) is 5.82 Å². The molecule has 0 aliphatic heterocycles. The van der Waals surface area contributed by atoms with Crippen LogP contribution in [0.15, 0.2) is 11.2 Å². The van der Waals surface area contributed by atoms with Gasteiger partial charge in [-0.2, -0.15) is 0 Å². The maximum absolute atomic E-state index is 11.7. The molecule has 16 heavy (non-hydrogen) atoms. The van der Waals surface area contributed by atoms with Gasteiger partial charge in [0.2, 0.25) is 0 Å². The summed E-state index contributed by atoms with van der Waals surface area (Å²) in [6.07, 6.45) is 5.27. The van der Waals surface area contributed by atoms with Crippen molar-refractivity contribution in [1.29, 1.82) is 0 Å². The summed E-state index contributed by atoms with van der Waals surface area (Å²) in [4.78, 5) is 13.8. The molecule has 0 saturated heterocycles. The normalized spacial score (nSPS) is 18.1. The van der Waals surface area contributed by atoms with Gasteiger partial charge in [0.25, 0.3) is 10.0 Å². The quantitative estimate of drug-likeness (QED) is 0.771. The van der Waals surface area contributed by atoms with E-state index in [-0.39, 0.29) is 11.1 Å². The zero-order valence-electron chi connectivity index (χ0n) is 9.06. The lowest BCUT2D eigenvalue weighted by atomic mass is 10.3. The van der Waals surface area contributed by atoms with E-state index in [1.807, 2.05) is 0 Å². The maximum atomic E-state index is 11.7. The molecule has 0 amide bonds. The van der Waals surface area contributed by atoms with Crippen molar-refractivity contribution in [3.05, 3.63) is 12.0 Å². The van der Waals surface area contributed by atoms with Crippen molar-refractivity contribution < 1.29 is 13.3 Å². The third-order valence-electron chi connectivity index (χ3n) is 2.60. The van der Waals surface area contributed by atoms with Crippen molar-refractivity contribution in [3.63, 3.8) is 0 Å². The smallest absolute Gasteiger partial charge is 0.279 e. The largest absolute Gasteiger partial charge is 0.332 e. The second-order valence-corrected chi connectivity index (χ2v) is 5.56. The molecule has 0 bridgehead atoms. The lowest BCUT2D eigenvalue weighted by molar-refractivity contribution is 0.0222. The van der Waals surface area contributed by atoms with E-state index in [0.717, 1.165) is 25.7 Å². The van der Waals surface area contributed by atoms with Gasteiger partial charge in [-0.15, -0.1) is 0 Å². The number of aryl methyl sites for hydroxylation is 1. The molecule has 1 aliphatic carbocycles. The second-order valence-electron chi connectivity index (χ2n) is 3.94. The summed E-state index contributed by atoms with van der Waals surface area (Å²) in [5.74, 6) is 0.557. The molecule has 0 aromatic carbocycles. The van der Waals surface area contributed by atoms with Gasteiger partial charge in [0.05, 0.1) is 12.3 Å². The van der Waals surface area contributed by atoms with Crippen LogP contribution in [0, 0.1) is 6.92 Å². The Labute approximate surface area is 94.4 Å². The topological polar surface area (TPSA) is 84.1 Å². The molecule has 0 unspecified atom stereocenters. The van der Waals surface area contributed by atoms with Gasteiger partial charge in [0, 0.05) is 0 Å². The van der Waals surface area contributed by atoms with Gasteiger partial charge in [-0.25, -0.2) is 13.4 Å². The first-order chi connectivity index (χ1) is 7.58. The molecule has 0 radical (unpaired) electrons. The fourth-order valence-corrected chi connectivity index (χ4v) is 2.54. The molecule has 1 aromatic rings. The lowest BCUT2D eigenvalue weighted by Gasteiger charge is -2.10. The van der Waals surface area contributed by atoms with Crippen LogP contribution in [-0.2, 0) is 14.9 Å². The number of imidazole rings is 1. The van der Waals surface area contributed by atoms with E-state index in [2.05, 4.69) is 14.9 Å². The minimum atomic E-state index is -3.62. The van der Waals surface area contributed by atoms with Crippen molar-refractivity contribution in [2.24, 2.45) is 0 Å². The van der Waals surface area contributed by atoms with Crippen LogP contribution in [-0.4, -0.2) is 24.5 Å². The summed E-state index contributed by atoms with van der Waals surface area (Å²) in [6, 6.07) is 0. The minimum Gasteiger partial charge on any atom is -0.332 e. The summed E-state index contributed by atoms with van der Waals surface area (Å²) in [5, 5.41) is 0.0306. The molecular formula is C9H15N3O3S. The lowest BCUT2D eigenvalue weighted by Crippen LogP contribution is -2.28. The number of sulfonamides is 1. The molecule has 0 atom stereocenters. The number of hydrogen-bond acceptors (Lipinski definition) is 4. The number of aromatic nitrogens is 2. The first-order valence-electron chi connectivity index (χ1n) is 5.27. The summed E-state index contributed by atoms with van der Waals surface area (Å²) >= 11 is 0. The highest BCUT2D eigenvalue weighted by atomic mass is 32.2. The van der Waals surface area contributed by atoms with Gasteiger partial charge in [0.15, 0.2) is 5.03 Å². The van der Waals surface area contributed by atoms with E-state index < -0.39 is 10.0 Å². The molecule has 2 rings (SSSR count). The fourth-order valence-electron chi connectivity index (χ4n) is 1.72. The first kappa shape index (κ1) is 11.6. The number of aromatic amines is 1. The van der Waals surface area contributed by atoms with E-state index >= 15 is 0 Å². The Bertz CT molecular complexity index is 448. The number of rotatable bonds is 4. The van der Waals surface area contributed by atoms with E-state index in [1.54, 1.807) is 6.92 Å². The molecule has 1 fully saturated rings. The number of hydrogen-bond donors (Lipinski definition) is 2. The van der Waals surface area contributed by atoms with E-state index in [0.29, 0.717) is 5.82 Å². The average Bonchev–Trinajstić information content (AvgIpc) is 2.85. The van der Waals surface area contributed by atoms with Crippen molar-refractivity contribution in [2.75, 3.05) is 0 Å². The molecule has 0 spiro atoms. The van der Waals surface area contributed by atoms with Crippen LogP contribution in [0.25, 0.3) is 0 Å². The standard InChI is InChI=1S/C9H15N3O3S/c1-7-10-6-9(11-7)16(13,14)12-15-8-4-2-3-5-8/h6,8,12H,2-5H2,1H3,(H,10,11). The highest BCUT2D eigenvalue weighted by molar-refractivity contribution is 7.89. The summed E-state index contributed by atoms with van der Waals surface area (Å²) in [5.41, 5.74) is 0. The van der Waals surface area contributed by atoms with Gasteiger partial charge in [-0.05, 0) is 19.8 Å². The van der Waals surface area contributed by atoms with Crippen molar-refractivity contribution in [2.45, 2.75) is 43.7 Å². The molecule has 1 aromatic heterocycles. The van der Waals surface area contributed by atoms with E-state index in [9.17, 15) is 8.42 Å². The minimum absolute atomic E-state index is 0.00112. The summed E-state index contributed by atoms with van der Waals surface area (Å²) < 4.78 is 23.4. The predicted octanol–water partition coefficient (Wildman–Crippen LogP) is 0.871. The van der Waals surface area contributed by atoms with Gasteiger partial charge in [-0.1, -0.05) is 17.7 Å². The van der Waals surface area contributed by atoms with E-state index in [4.69, 9.17) is 4.84 Å². The Kier molecular flexibility index (Phi) is 3.27. The van der Waals surface area contributed by atoms with Crippen LogP contribution in [0.4, 0.5) is 0 Å². The van der Waals surface area contributed by atoms with Crippen LogP contribution < -0.4 is 4.89 Å². The molecule has 6 nitrogen and oxygen atoms in total. The highest BCUT2D eigenvalue weighted by Crippen LogP contribution is 2.20. The third-order valence-corrected chi connectivity index (χ3v) is 3.70. The number of nitrogens with zero attached hydrogens (tertiary/aromatic N) is 1. The average molecular weight is 245 g/mol. The van der Waals surface area contributed by atoms with E-state index in [1.165, 1.54) is 6.20 Å². The SMILES string of the molecule is Cc1ncc(S(=O)(=O)NOC2CCCC2)[nH]1. The Morgan fingerprint density at radius 3 is 2.75 bits per heavy atom. The molecule has 7 heteroatoms. The zero-order valence-corrected chi connectivity index (χ0v) is 9.88. The molecular weight excluding hydrogens is 230 g/mol. The van der Waals surface area contributed by atoms with Crippen molar-refractivity contribution in [3.8, 4) is 0 Å². The molecule has 2 N–H and O–H groups in total. The van der Waals surface area contributed by atoms with Crippen LogP contribution in [0.5, 0.6) is 0 Å². The molecule has 1 aliphatic rings. The number of nitrogens with one attached hydrogen (secondary N) is 2. The van der Waals surface area contributed by atoms with Gasteiger partial charge >= 0.3 is 0 Å². The molecule has 90 valence electrons. The summed E-state index contributed by atoms with van der Waals surface area (Å²) in [6.45, 7) is 1.69. The fraction of sp³-hybridized carbons (Fsp3) is 0.667. The van der Waals surface area contributed by atoms with Crippen molar-refractivity contribution >= 4 is 10.0 Å². The molecule has 1 saturated carbocycles. The third kappa shape index (κ3) is 2.60. The second kappa shape index (κ2) is 4.52. The Morgan fingerprint density at radius 1 is 1.50 bits per heavy atom. The molecule has 1 heterocycles. The van der Waals surface area contributed by atoms with Crippen molar-refractivity contribution in [1.82, 2.24) is 14.9 Å². The van der Waals surface area contributed by atoms with Crippen LogP contribution in [0.1, 0.15) is 31.5 Å².